The average molecular weight is 257 g/mol. The van der Waals surface area contributed by atoms with E-state index in [1.165, 1.54) is 0 Å². The number of hydrogen-bond donors (Lipinski definition) is 2. The van der Waals surface area contributed by atoms with E-state index in [0.717, 1.165) is 0 Å². The number of nitrogens with one attached hydrogen (secondary N) is 1. The molecule has 5 nitrogen and oxygen atoms in total. The number of rotatable bonds is 4. The Hall–Kier alpha value is -1.49. The lowest BCUT2D eigenvalue weighted by atomic mass is 10.1. The molecule has 1 aromatic heterocycles. The van der Waals surface area contributed by atoms with Crippen molar-refractivity contribution in [1.82, 2.24) is 10.3 Å². The minimum atomic E-state index is -0.132. The highest BCUT2D eigenvalue weighted by atomic mass is 35.5. The number of carbonyl (C=O) groups excluding carboxylic acids is 1. The number of carbonyl (C=O) groups is 1. The van der Waals surface area contributed by atoms with Crippen LogP contribution in [0.2, 0.25) is 5.15 Å². The molecule has 1 unspecified atom stereocenters. The fourth-order valence-corrected chi connectivity index (χ4v) is 1.74. The third kappa shape index (κ3) is 3.78. The first-order valence-corrected chi connectivity index (χ1v) is 5.67. The lowest BCUT2D eigenvalue weighted by Crippen LogP contribution is -2.34. The monoisotopic (exact) mass is 256 g/mol. The molecule has 1 amide bonds. The van der Waals surface area contributed by atoms with E-state index >= 15 is 0 Å². The minimum absolute atomic E-state index is 0.00755. The van der Waals surface area contributed by atoms with Crippen molar-refractivity contribution in [3.05, 3.63) is 17.3 Å². The first-order chi connectivity index (χ1) is 7.93. The van der Waals surface area contributed by atoms with Crippen LogP contribution in [-0.4, -0.2) is 31.5 Å². The second kappa shape index (κ2) is 5.72. The predicted molar refractivity (Wildman–Crippen MR) is 70.2 cm³/mol. The summed E-state index contributed by atoms with van der Waals surface area (Å²) in [6.07, 6.45) is 0. The molecule has 0 saturated heterocycles. The highest BCUT2D eigenvalue weighted by Gasteiger charge is 2.15. The number of nitrogen functional groups attached to an aromatic ring is 1. The van der Waals surface area contributed by atoms with Crippen molar-refractivity contribution in [1.29, 1.82) is 0 Å². The van der Waals surface area contributed by atoms with Crippen LogP contribution < -0.4 is 16.0 Å². The number of hydrogen-bond acceptors (Lipinski definition) is 4. The summed E-state index contributed by atoms with van der Waals surface area (Å²) in [6.45, 7) is 2.40. The maximum Gasteiger partial charge on any atom is 0.224 e. The van der Waals surface area contributed by atoms with Crippen molar-refractivity contribution in [2.45, 2.75) is 6.92 Å². The average Bonchev–Trinajstić information content (AvgIpc) is 2.26. The summed E-state index contributed by atoms with van der Waals surface area (Å²) < 4.78 is 0. The van der Waals surface area contributed by atoms with Crippen molar-refractivity contribution in [3.63, 3.8) is 0 Å². The third-order valence-electron chi connectivity index (χ3n) is 2.44. The van der Waals surface area contributed by atoms with E-state index in [1.807, 2.05) is 18.9 Å². The van der Waals surface area contributed by atoms with Crippen molar-refractivity contribution in [3.8, 4) is 0 Å². The summed E-state index contributed by atoms with van der Waals surface area (Å²) in [5, 5.41) is 2.95. The molecule has 0 aromatic carbocycles. The smallest absolute Gasteiger partial charge is 0.224 e. The molecule has 0 spiro atoms. The molecule has 0 saturated carbocycles. The number of pyridine rings is 1. The summed E-state index contributed by atoms with van der Waals surface area (Å²) >= 11 is 5.82. The van der Waals surface area contributed by atoms with Gasteiger partial charge in [-0.05, 0) is 6.07 Å². The Morgan fingerprint density at radius 1 is 1.65 bits per heavy atom. The molecular formula is C11H17ClN4O. The summed E-state index contributed by atoms with van der Waals surface area (Å²) in [4.78, 5) is 17.4. The zero-order chi connectivity index (χ0) is 13.0. The van der Waals surface area contributed by atoms with Crippen LogP contribution in [-0.2, 0) is 4.79 Å². The number of aromatic nitrogens is 1. The van der Waals surface area contributed by atoms with E-state index in [-0.39, 0.29) is 11.8 Å². The molecule has 94 valence electrons. The van der Waals surface area contributed by atoms with Gasteiger partial charge < -0.3 is 16.0 Å². The number of nitrogens with two attached hydrogens (primary N) is 1. The second-order valence-electron chi connectivity index (χ2n) is 3.98. The van der Waals surface area contributed by atoms with Gasteiger partial charge in [0.05, 0.1) is 5.92 Å². The fraction of sp³-hybridized carbons (Fsp3) is 0.455. The molecule has 6 heteroatoms. The highest BCUT2D eigenvalue weighted by Crippen LogP contribution is 2.19. The van der Waals surface area contributed by atoms with Crippen LogP contribution in [0.1, 0.15) is 6.92 Å². The van der Waals surface area contributed by atoms with Crippen LogP contribution in [0, 0.1) is 5.92 Å². The quantitative estimate of drug-likeness (QED) is 0.793. The Morgan fingerprint density at radius 2 is 2.29 bits per heavy atom. The topological polar surface area (TPSA) is 71.2 Å². The molecule has 0 aliphatic rings. The zero-order valence-electron chi connectivity index (χ0n) is 10.2. The number of amides is 1. The Balaban J connectivity index is 2.75. The normalized spacial score (nSPS) is 12.0. The number of anilines is 2. The zero-order valence-corrected chi connectivity index (χ0v) is 11.0. The number of halogens is 1. The van der Waals surface area contributed by atoms with E-state index in [0.29, 0.717) is 23.2 Å². The molecule has 0 aliphatic heterocycles. The van der Waals surface area contributed by atoms with Crippen LogP contribution >= 0.6 is 11.6 Å². The first-order valence-electron chi connectivity index (χ1n) is 5.30. The Morgan fingerprint density at radius 3 is 2.82 bits per heavy atom. The molecule has 1 atom stereocenters. The molecule has 0 bridgehead atoms. The van der Waals surface area contributed by atoms with Crippen molar-refractivity contribution < 1.29 is 4.79 Å². The van der Waals surface area contributed by atoms with E-state index in [2.05, 4.69) is 10.3 Å². The summed E-state index contributed by atoms with van der Waals surface area (Å²) in [5.74, 6) is 0.518. The van der Waals surface area contributed by atoms with Crippen LogP contribution in [0.4, 0.5) is 11.5 Å². The summed E-state index contributed by atoms with van der Waals surface area (Å²) in [7, 11) is 3.46. The second-order valence-corrected chi connectivity index (χ2v) is 4.36. The van der Waals surface area contributed by atoms with Gasteiger partial charge in [0.1, 0.15) is 11.0 Å². The van der Waals surface area contributed by atoms with Crippen LogP contribution in [0.25, 0.3) is 0 Å². The minimum Gasteiger partial charge on any atom is -0.399 e. The molecule has 3 N–H and O–H groups in total. The molecule has 1 aromatic rings. The van der Waals surface area contributed by atoms with E-state index in [1.54, 1.807) is 19.2 Å². The largest absolute Gasteiger partial charge is 0.399 e. The van der Waals surface area contributed by atoms with Crippen molar-refractivity contribution in [2.75, 3.05) is 31.3 Å². The lowest BCUT2D eigenvalue weighted by molar-refractivity contribution is -0.123. The van der Waals surface area contributed by atoms with Crippen molar-refractivity contribution >= 4 is 29.0 Å². The summed E-state index contributed by atoms with van der Waals surface area (Å²) in [6, 6.07) is 3.31. The predicted octanol–water partition coefficient (Wildman–Crippen LogP) is 1.14. The third-order valence-corrected chi connectivity index (χ3v) is 2.63. The maximum atomic E-state index is 11.4. The summed E-state index contributed by atoms with van der Waals surface area (Å²) in [5.41, 5.74) is 6.24. The van der Waals surface area contributed by atoms with Gasteiger partial charge in [-0.2, -0.15) is 0 Å². The fourth-order valence-electron chi connectivity index (χ4n) is 1.53. The van der Waals surface area contributed by atoms with E-state index in [9.17, 15) is 4.79 Å². The molecule has 17 heavy (non-hydrogen) atoms. The first kappa shape index (κ1) is 13.6. The molecule has 1 rings (SSSR count). The van der Waals surface area contributed by atoms with Crippen LogP contribution in [0.3, 0.4) is 0 Å². The highest BCUT2D eigenvalue weighted by molar-refractivity contribution is 6.29. The van der Waals surface area contributed by atoms with Gasteiger partial charge in [0.15, 0.2) is 0 Å². The van der Waals surface area contributed by atoms with Crippen LogP contribution in [0.5, 0.6) is 0 Å². The Kier molecular flexibility index (Phi) is 4.57. The van der Waals surface area contributed by atoms with Gasteiger partial charge in [0.2, 0.25) is 5.91 Å². The van der Waals surface area contributed by atoms with Gasteiger partial charge in [-0.25, -0.2) is 4.98 Å². The number of nitrogens with zero attached hydrogens (tertiary/aromatic N) is 2. The van der Waals surface area contributed by atoms with Gasteiger partial charge in [0, 0.05) is 32.4 Å². The van der Waals surface area contributed by atoms with Gasteiger partial charge in [-0.15, -0.1) is 0 Å². The molecule has 0 aliphatic carbocycles. The van der Waals surface area contributed by atoms with Gasteiger partial charge in [-0.1, -0.05) is 18.5 Å². The van der Waals surface area contributed by atoms with Gasteiger partial charge in [0.25, 0.3) is 0 Å². The van der Waals surface area contributed by atoms with Crippen molar-refractivity contribution in [2.24, 2.45) is 5.92 Å². The van der Waals surface area contributed by atoms with Crippen LogP contribution in [0.15, 0.2) is 12.1 Å². The van der Waals surface area contributed by atoms with E-state index < -0.39 is 0 Å². The molecular weight excluding hydrogens is 240 g/mol. The molecule has 0 radical (unpaired) electrons. The Labute approximate surface area is 106 Å². The van der Waals surface area contributed by atoms with Gasteiger partial charge >= 0.3 is 0 Å². The Bertz CT molecular complexity index is 390. The standard InChI is InChI=1S/C11H17ClN4O/c1-7(11(17)14-2)6-16(3)10-5-8(13)4-9(12)15-10/h4-5,7H,6H2,1-3H3,(H2,13,15)(H,14,17). The SMILES string of the molecule is CNC(=O)C(C)CN(C)c1cc(N)cc(Cl)n1. The van der Waals surface area contributed by atoms with E-state index in [4.69, 9.17) is 17.3 Å². The molecule has 1 heterocycles. The maximum absolute atomic E-state index is 11.4. The van der Waals surface area contributed by atoms with Gasteiger partial charge in [-0.3, -0.25) is 4.79 Å². The molecule has 0 fully saturated rings. The lowest BCUT2D eigenvalue weighted by Gasteiger charge is -2.22.